The van der Waals surface area contributed by atoms with Gasteiger partial charge >= 0.3 is 5.97 Å². The number of rotatable bonds is 7. The largest absolute Gasteiger partial charge is 0.496 e. The van der Waals surface area contributed by atoms with Crippen LogP contribution in [0.2, 0.25) is 0 Å². The molecule has 0 saturated carbocycles. The van der Waals surface area contributed by atoms with Crippen LogP contribution in [0.3, 0.4) is 0 Å². The molecule has 4 atom stereocenters. The van der Waals surface area contributed by atoms with E-state index in [2.05, 4.69) is 13.8 Å². The minimum Gasteiger partial charge on any atom is -0.496 e. The molecule has 0 spiro atoms. The third kappa shape index (κ3) is 4.44. The Kier molecular flexibility index (Phi) is 6.81. The molecule has 0 aromatic heterocycles. The van der Waals surface area contributed by atoms with E-state index in [1.54, 1.807) is 13.0 Å². The summed E-state index contributed by atoms with van der Waals surface area (Å²) >= 11 is 0. The Balaban J connectivity index is 3.15. The van der Waals surface area contributed by atoms with Gasteiger partial charge in [-0.25, -0.2) is 4.39 Å². The molecule has 5 heteroatoms. The number of carbonyl (C=O) groups is 1. The summed E-state index contributed by atoms with van der Waals surface area (Å²) in [6.45, 7) is 7.56. The Morgan fingerprint density at radius 2 is 1.95 bits per heavy atom. The van der Waals surface area contributed by atoms with Crippen LogP contribution in [0.25, 0.3) is 0 Å². The lowest BCUT2D eigenvalue weighted by molar-refractivity contribution is -0.151. The summed E-state index contributed by atoms with van der Waals surface area (Å²) in [5, 5.41) is 0. The van der Waals surface area contributed by atoms with E-state index in [4.69, 9.17) is 15.2 Å². The van der Waals surface area contributed by atoms with Crippen molar-refractivity contribution in [1.29, 1.82) is 0 Å². The highest BCUT2D eigenvalue weighted by Gasteiger charge is 2.30. The molecule has 2 N–H and O–H groups in total. The minimum absolute atomic E-state index is 0.0942. The molecule has 0 aliphatic heterocycles. The topological polar surface area (TPSA) is 61.5 Å². The smallest absolute Gasteiger partial charge is 0.322 e. The number of benzene rings is 1. The Hall–Kier alpha value is -1.62. The van der Waals surface area contributed by atoms with Crippen molar-refractivity contribution in [2.45, 2.75) is 52.2 Å². The van der Waals surface area contributed by atoms with Gasteiger partial charge in [0, 0.05) is 17.5 Å². The maximum absolute atomic E-state index is 13.4. The zero-order valence-corrected chi connectivity index (χ0v) is 13.9. The molecule has 1 rings (SSSR count). The number of methoxy groups -OCH3 is 1. The number of ether oxygens (including phenoxy) is 2. The Labute approximate surface area is 131 Å². The van der Waals surface area contributed by atoms with Gasteiger partial charge in [-0.2, -0.15) is 0 Å². The van der Waals surface area contributed by atoms with Gasteiger partial charge in [-0.1, -0.05) is 26.3 Å². The fourth-order valence-electron chi connectivity index (χ4n) is 2.60. The first-order chi connectivity index (χ1) is 10.3. The average molecular weight is 311 g/mol. The second kappa shape index (κ2) is 8.13. The number of hydrogen-bond acceptors (Lipinski definition) is 4. The van der Waals surface area contributed by atoms with Gasteiger partial charge in [-0.3, -0.25) is 4.79 Å². The fourth-order valence-corrected chi connectivity index (χ4v) is 2.60. The molecule has 124 valence electrons. The van der Waals surface area contributed by atoms with Crippen LogP contribution < -0.4 is 10.5 Å². The zero-order chi connectivity index (χ0) is 16.9. The van der Waals surface area contributed by atoms with Crippen LogP contribution in [-0.4, -0.2) is 25.2 Å². The van der Waals surface area contributed by atoms with E-state index in [9.17, 15) is 9.18 Å². The predicted molar refractivity (Wildman–Crippen MR) is 84.4 cm³/mol. The molecule has 1 aromatic rings. The van der Waals surface area contributed by atoms with Crippen molar-refractivity contribution in [3.05, 3.63) is 29.6 Å². The molecule has 1 aromatic carbocycles. The van der Waals surface area contributed by atoms with Gasteiger partial charge in [0.05, 0.1) is 7.11 Å². The molecule has 0 radical (unpaired) electrons. The third-order valence-electron chi connectivity index (χ3n) is 3.99. The van der Waals surface area contributed by atoms with Crippen LogP contribution in [0.5, 0.6) is 5.75 Å². The monoisotopic (exact) mass is 311 g/mol. The quantitative estimate of drug-likeness (QED) is 0.785. The van der Waals surface area contributed by atoms with E-state index in [1.165, 1.54) is 19.2 Å². The number of nitrogens with two attached hydrogens (primary N) is 1. The van der Waals surface area contributed by atoms with Gasteiger partial charge < -0.3 is 15.2 Å². The Bertz CT molecular complexity index is 505. The maximum atomic E-state index is 13.4. The molecule has 1 unspecified atom stereocenters. The molecule has 4 nitrogen and oxygen atoms in total. The molecular weight excluding hydrogens is 285 g/mol. The molecule has 0 heterocycles. The van der Waals surface area contributed by atoms with Crippen molar-refractivity contribution < 1.29 is 18.7 Å². The second-order valence-electron chi connectivity index (χ2n) is 5.73. The summed E-state index contributed by atoms with van der Waals surface area (Å²) in [5.41, 5.74) is 6.40. The lowest BCUT2D eigenvalue weighted by Gasteiger charge is -2.30. The summed E-state index contributed by atoms with van der Waals surface area (Å²) in [6, 6.07) is 3.77. The van der Waals surface area contributed by atoms with Gasteiger partial charge in [0.25, 0.3) is 0 Å². The zero-order valence-electron chi connectivity index (χ0n) is 13.9. The molecule has 22 heavy (non-hydrogen) atoms. The first-order valence-electron chi connectivity index (χ1n) is 7.61. The Morgan fingerprint density at radius 3 is 2.45 bits per heavy atom. The van der Waals surface area contributed by atoms with Crippen LogP contribution >= 0.6 is 0 Å². The lowest BCUT2D eigenvalue weighted by atomic mass is 9.81. The van der Waals surface area contributed by atoms with E-state index in [0.29, 0.717) is 5.75 Å². The third-order valence-corrected chi connectivity index (χ3v) is 3.99. The molecule has 0 aliphatic rings. The molecule has 0 aliphatic carbocycles. The predicted octanol–water partition coefficient (Wildman–Crippen LogP) is 3.24. The average Bonchev–Trinajstić information content (AvgIpc) is 2.48. The number of hydrogen-bond donors (Lipinski definition) is 1. The summed E-state index contributed by atoms with van der Waals surface area (Å²) in [4.78, 5) is 11.8. The number of esters is 1. The normalized spacial score (nSPS) is 16.5. The van der Waals surface area contributed by atoms with E-state index in [0.717, 1.165) is 12.0 Å². The van der Waals surface area contributed by atoms with Gasteiger partial charge in [0.2, 0.25) is 0 Å². The molecule has 0 bridgehead atoms. The van der Waals surface area contributed by atoms with Crippen molar-refractivity contribution in [2.24, 2.45) is 11.7 Å². The summed E-state index contributed by atoms with van der Waals surface area (Å²) in [7, 11) is 1.50. The lowest BCUT2D eigenvalue weighted by Crippen LogP contribution is -2.35. The van der Waals surface area contributed by atoms with Crippen LogP contribution in [0.1, 0.15) is 45.6 Å². The SMILES string of the molecule is CCC(C)[C@H](c1ccc(F)cc1OC)[C@H](C)OC(=O)[C@H](C)N. The first kappa shape index (κ1) is 18.4. The Morgan fingerprint density at radius 1 is 1.32 bits per heavy atom. The van der Waals surface area contributed by atoms with Gasteiger partial charge in [-0.15, -0.1) is 0 Å². The highest BCUT2D eigenvalue weighted by Crippen LogP contribution is 2.37. The highest BCUT2D eigenvalue weighted by atomic mass is 19.1. The van der Waals surface area contributed by atoms with Crippen LogP contribution in [0.4, 0.5) is 4.39 Å². The standard InChI is InChI=1S/C17H26FNO3/c1-6-10(2)16(12(4)22-17(20)11(3)19)14-8-7-13(18)9-15(14)21-5/h7-12,16H,6,19H2,1-5H3/t10?,11-,12-,16-/m0/s1. The van der Waals surface area contributed by atoms with Crippen molar-refractivity contribution in [3.63, 3.8) is 0 Å². The van der Waals surface area contributed by atoms with Gasteiger partial charge in [-0.05, 0) is 25.8 Å². The fraction of sp³-hybridized carbons (Fsp3) is 0.588. The first-order valence-corrected chi connectivity index (χ1v) is 7.61. The van der Waals surface area contributed by atoms with Crippen molar-refractivity contribution in [2.75, 3.05) is 7.11 Å². The summed E-state index contributed by atoms with van der Waals surface area (Å²) < 4.78 is 24.2. The minimum atomic E-state index is -0.671. The van der Waals surface area contributed by atoms with E-state index < -0.39 is 12.0 Å². The number of halogens is 1. The van der Waals surface area contributed by atoms with Crippen molar-refractivity contribution in [3.8, 4) is 5.75 Å². The van der Waals surface area contributed by atoms with E-state index >= 15 is 0 Å². The summed E-state index contributed by atoms with van der Waals surface area (Å²) in [6.07, 6.45) is 0.512. The molecule has 0 fully saturated rings. The van der Waals surface area contributed by atoms with Crippen LogP contribution in [0.15, 0.2) is 18.2 Å². The maximum Gasteiger partial charge on any atom is 0.322 e. The van der Waals surface area contributed by atoms with Gasteiger partial charge in [0.15, 0.2) is 0 Å². The second-order valence-corrected chi connectivity index (χ2v) is 5.73. The van der Waals surface area contributed by atoms with Crippen molar-refractivity contribution in [1.82, 2.24) is 0 Å². The van der Waals surface area contributed by atoms with Crippen molar-refractivity contribution >= 4 is 5.97 Å². The molecule has 0 saturated heterocycles. The van der Waals surface area contributed by atoms with Gasteiger partial charge in [0.1, 0.15) is 23.7 Å². The van der Waals surface area contributed by atoms with Crippen LogP contribution in [-0.2, 0) is 9.53 Å². The van der Waals surface area contributed by atoms with Crippen LogP contribution in [0, 0.1) is 11.7 Å². The summed E-state index contributed by atoms with van der Waals surface area (Å²) in [5.74, 6) is -0.196. The molecular formula is C17H26FNO3. The highest BCUT2D eigenvalue weighted by molar-refractivity contribution is 5.75. The van der Waals surface area contributed by atoms with E-state index in [1.807, 2.05) is 6.92 Å². The molecule has 0 amide bonds. The van der Waals surface area contributed by atoms with E-state index in [-0.39, 0.29) is 23.8 Å². The number of carbonyl (C=O) groups excluding carboxylic acids is 1.